The predicted octanol–water partition coefficient (Wildman–Crippen LogP) is 4.01. The van der Waals surface area contributed by atoms with E-state index in [-0.39, 0.29) is 0 Å². The molecule has 114 valence electrons. The number of nitrogens with zero attached hydrogens (tertiary/aromatic N) is 3. The lowest BCUT2D eigenvalue weighted by Gasteiger charge is -2.17. The van der Waals surface area contributed by atoms with E-state index in [0.717, 1.165) is 0 Å². The highest BCUT2D eigenvalue weighted by atomic mass is 79.9. The fourth-order valence-electron chi connectivity index (χ4n) is 1.64. The highest BCUT2D eigenvalue weighted by Crippen LogP contribution is 2.24. The van der Waals surface area contributed by atoms with Crippen molar-refractivity contribution in [2.75, 3.05) is 0 Å². The fourth-order valence-corrected chi connectivity index (χ4v) is 2.71. The zero-order valence-electron chi connectivity index (χ0n) is 12.3. The molecule has 0 aliphatic heterocycles. The van der Waals surface area contributed by atoms with Crippen LogP contribution in [0.3, 0.4) is 0 Å². The van der Waals surface area contributed by atoms with Gasteiger partial charge in [-0.15, -0.1) is 0 Å². The number of fused-ring (bicyclic) bond motifs is 1. The maximum absolute atomic E-state index is 13.4. The monoisotopic (exact) mass is 373 g/mol. The first kappa shape index (κ1) is 16.5. The normalized spacial score (nSPS) is 15.8. The molecule has 2 heterocycles. The van der Waals surface area contributed by atoms with E-state index in [1.807, 2.05) is 20.8 Å². The number of imidazole rings is 1. The molecule has 0 saturated heterocycles. The Hall–Kier alpha value is -0.920. The molecular weight excluding hydrogens is 357 g/mol. The molecule has 2 unspecified atom stereocenters. The van der Waals surface area contributed by atoms with Crippen molar-refractivity contribution in [3.05, 3.63) is 34.2 Å². The van der Waals surface area contributed by atoms with Crippen molar-refractivity contribution in [1.82, 2.24) is 9.38 Å². The number of halogens is 2. The van der Waals surface area contributed by atoms with E-state index >= 15 is 0 Å². The molecule has 0 N–H and O–H groups in total. The largest absolute Gasteiger partial charge is 0.591 e. The second-order valence-corrected chi connectivity index (χ2v) is 8.52. The van der Waals surface area contributed by atoms with Crippen LogP contribution in [0.15, 0.2) is 27.3 Å². The van der Waals surface area contributed by atoms with E-state index in [9.17, 15) is 8.94 Å². The molecule has 7 heteroatoms. The van der Waals surface area contributed by atoms with Crippen LogP contribution < -0.4 is 0 Å². The van der Waals surface area contributed by atoms with Crippen molar-refractivity contribution in [1.29, 1.82) is 0 Å². The number of alkyl halides is 1. The van der Waals surface area contributed by atoms with Crippen LogP contribution in [0.4, 0.5) is 4.39 Å². The summed E-state index contributed by atoms with van der Waals surface area (Å²) in [5.41, 5.74) is 1.81. The second kappa shape index (κ2) is 6.06. The summed E-state index contributed by atoms with van der Waals surface area (Å²) in [4.78, 5) is 4.38. The van der Waals surface area contributed by atoms with Crippen molar-refractivity contribution >= 4 is 39.2 Å². The van der Waals surface area contributed by atoms with Gasteiger partial charge >= 0.3 is 0 Å². The number of pyridine rings is 1. The fraction of sp³-hybridized carbons (Fsp3) is 0.429. The molecule has 0 bridgehead atoms. The molecule has 0 aromatic carbocycles. The van der Waals surface area contributed by atoms with Gasteiger partial charge in [0.25, 0.3) is 0 Å². The summed E-state index contributed by atoms with van der Waals surface area (Å²) < 4.78 is 31.4. The summed E-state index contributed by atoms with van der Waals surface area (Å²) >= 11 is 2.06. The SMILES string of the molecule is CC(F)c1cc(Br)c2nc(C=N[S+]([O-])C(C)(C)C)cn2c1. The van der Waals surface area contributed by atoms with Gasteiger partial charge in [-0.25, -0.2) is 9.37 Å². The van der Waals surface area contributed by atoms with Crippen molar-refractivity contribution in [2.45, 2.75) is 38.6 Å². The van der Waals surface area contributed by atoms with E-state index in [2.05, 4.69) is 25.3 Å². The Morgan fingerprint density at radius 2 is 2.14 bits per heavy atom. The molecule has 0 aliphatic carbocycles. The van der Waals surface area contributed by atoms with Crippen molar-refractivity contribution < 1.29 is 8.94 Å². The van der Waals surface area contributed by atoms with Gasteiger partial charge in [-0.1, -0.05) is 4.40 Å². The summed E-state index contributed by atoms with van der Waals surface area (Å²) in [7, 11) is 0. The quantitative estimate of drug-likeness (QED) is 0.602. The maximum atomic E-state index is 13.4. The van der Waals surface area contributed by atoms with Gasteiger partial charge in [0, 0.05) is 18.0 Å². The third-order valence-electron chi connectivity index (χ3n) is 2.81. The molecular formula is C14H17BrFN3OS. The Morgan fingerprint density at radius 1 is 1.48 bits per heavy atom. The van der Waals surface area contributed by atoms with E-state index in [1.165, 1.54) is 13.1 Å². The van der Waals surface area contributed by atoms with Gasteiger partial charge in [0.1, 0.15) is 34.2 Å². The molecule has 0 radical (unpaired) electrons. The number of hydrogen-bond acceptors (Lipinski definition) is 3. The molecule has 0 aliphatic rings. The van der Waals surface area contributed by atoms with Crippen LogP contribution >= 0.6 is 15.9 Å². The van der Waals surface area contributed by atoms with Crippen molar-refractivity contribution in [2.24, 2.45) is 4.40 Å². The van der Waals surface area contributed by atoms with Crippen LogP contribution in [-0.4, -0.2) is 24.9 Å². The highest BCUT2D eigenvalue weighted by molar-refractivity contribution is 9.10. The molecule has 21 heavy (non-hydrogen) atoms. The van der Waals surface area contributed by atoms with Gasteiger partial charge in [0.05, 0.1) is 4.47 Å². The van der Waals surface area contributed by atoms with Crippen molar-refractivity contribution in [3.8, 4) is 0 Å². The first-order valence-electron chi connectivity index (χ1n) is 6.47. The first-order chi connectivity index (χ1) is 9.68. The summed E-state index contributed by atoms with van der Waals surface area (Å²) in [6.07, 6.45) is 3.85. The molecule has 2 rings (SSSR count). The molecule has 0 spiro atoms. The summed E-state index contributed by atoms with van der Waals surface area (Å²) in [6.45, 7) is 7.06. The summed E-state index contributed by atoms with van der Waals surface area (Å²) in [5.74, 6) is 0. The van der Waals surface area contributed by atoms with Gasteiger partial charge in [0.15, 0.2) is 5.65 Å². The molecule has 4 nitrogen and oxygen atoms in total. The van der Waals surface area contributed by atoms with Gasteiger partial charge in [0.2, 0.25) is 0 Å². The van der Waals surface area contributed by atoms with Crippen LogP contribution in [0.5, 0.6) is 0 Å². The van der Waals surface area contributed by atoms with Crippen molar-refractivity contribution in [3.63, 3.8) is 0 Å². The zero-order chi connectivity index (χ0) is 15.8. The van der Waals surface area contributed by atoms with Gasteiger partial charge in [-0.05, 0) is 49.7 Å². The Kier molecular flexibility index (Phi) is 4.75. The molecule has 2 aromatic heterocycles. The minimum absolute atomic E-state index is 0.410. The average molecular weight is 374 g/mol. The lowest BCUT2D eigenvalue weighted by molar-refractivity contribution is 0.373. The number of aromatic nitrogens is 2. The lowest BCUT2D eigenvalue weighted by atomic mass is 10.2. The summed E-state index contributed by atoms with van der Waals surface area (Å²) in [6, 6.07) is 1.71. The molecule has 0 saturated carbocycles. The van der Waals surface area contributed by atoms with E-state index in [1.54, 1.807) is 22.9 Å². The van der Waals surface area contributed by atoms with Crippen LogP contribution in [0.2, 0.25) is 0 Å². The van der Waals surface area contributed by atoms with E-state index in [4.69, 9.17) is 0 Å². The first-order valence-corrected chi connectivity index (χ1v) is 8.37. The van der Waals surface area contributed by atoms with E-state index < -0.39 is 22.3 Å². The van der Waals surface area contributed by atoms with Crippen LogP contribution in [0, 0.1) is 0 Å². The maximum Gasteiger partial charge on any atom is 0.151 e. The Morgan fingerprint density at radius 3 is 2.71 bits per heavy atom. The standard InChI is InChI=1S/C14H17BrFN3OS/c1-9(16)10-5-12(15)13-18-11(8-19(13)7-10)6-17-21(20)14(2,3)4/h5-9H,1-4H3. The number of hydrogen-bond donors (Lipinski definition) is 0. The summed E-state index contributed by atoms with van der Waals surface area (Å²) in [5, 5.41) is 0. The average Bonchev–Trinajstić information content (AvgIpc) is 2.78. The van der Waals surface area contributed by atoms with Crippen LogP contribution in [0.1, 0.15) is 45.1 Å². The Labute approximate surface area is 134 Å². The molecule has 2 aromatic rings. The lowest BCUT2D eigenvalue weighted by Crippen LogP contribution is -2.25. The van der Waals surface area contributed by atoms with Crippen LogP contribution in [0.25, 0.3) is 5.65 Å². The smallest absolute Gasteiger partial charge is 0.151 e. The molecule has 0 fully saturated rings. The second-order valence-electron chi connectivity index (χ2n) is 5.73. The minimum Gasteiger partial charge on any atom is -0.591 e. The van der Waals surface area contributed by atoms with Gasteiger partial charge < -0.3 is 8.95 Å². The minimum atomic E-state index is -1.33. The Balaban J connectivity index is 2.35. The Bertz CT molecular complexity index is 679. The molecule has 0 amide bonds. The molecule has 2 atom stereocenters. The zero-order valence-corrected chi connectivity index (χ0v) is 14.7. The van der Waals surface area contributed by atoms with Crippen LogP contribution in [-0.2, 0) is 11.4 Å². The van der Waals surface area contributed by atoms with Gasteiger partial charge in [-0.2, -0.15) is 0 Å². The third kappa shape index (κ3) is 3.84. The van der Waals surface area contributed by atoms with E-state index in [0.29, 0.717) is 21.4 Å². The predicted molar refractivity (Wildman–Crippen MR) is 87.9 cm³/mol. The highest BCUT2D eigenvalue weighted by Gasteiger charge is 2.25. The van der Waals surface area contributed by atoms with Gasteiger partial charge in [-0.3, -0.25) is 0 Å². The topological polar surface area (TPSA) is 52.7 Å². The number of rotatable bonds is 3. The third-order valence-corrected chi connectivity index (χ3v) is 4.74.